The molecule has 1 atom stereocenters. The summed E-state index contributed by atoms with van der Waals surface area (Å²) in [4.78, 5) is 28.2. The van der Waals surface area contributed by atoms with Gasteiger partial charge < -0.3 is 34.3 Å². The highest BCUT2D eigenvalue weighted by molar-refractivity contribution is 5.92. The van der Waals surface area contributed by atoms with Crippen molar-refractivity contribution in [3.63, 3.8) is 0 Å². The van der Waals surface area contributed by atoms with Crippen LogP contribution in [0.3, 0.4) is 0 Å². The first-order valence-corrected chi connectivity index (χ1v) is 13.0. The minimum Gasteiger partial charge on any atom is -0.493 e. The SMILES string of the molecule is CCOC(=O)Nc1cc(NC(O)CCCN(CC)CC)c2ncc(-c3cc(OC)c(OC)c(OC)c3)nc2n1. The fourth-order valence-corrected chi connectivity index (χ4v) is 4.11. The molecule has 0 aliphatic carbocycles. The summed E-state index contributed by atoms with van der Waals surface area (Å²) in [5.41, 5.74) is 2.33. The number of methoxy groups -OCH3 is 3. The Morgan fingerprint density at radius 1 is 1.03 bits per heavy atom. The number of hydrogen-bond donors (Lipinski definition) is 3. The summed E-state index contributed by atoms with van der Waals surface area (Å²) in [5.74, 6) is 1.59. The lowest BCUT2D eigenvalue weighted by molar-refractivity contribution is 0.168. The Kier molecular flexibility index (Phi) is 10.9. The van der Waals surface area contributed by atoms with Crippen LogP contribution in [0.15, 0.2) is 24.4 Å². The van der Waals surface area contributed by atoms with Crippen molar-refractivity contribution < 1.29 is 28.8 Å². The third-order valence-corrected chi connectivity index (χ3v) is 6.15. The van der Waals surface area contributed by atoms with Gasteiger partial charge in [0.1, 0.15) is 17.6 Å². The summed E-state index contributed by atoms with van der Waals surface area (Å²) in [7, 11) is 4.60. The Bertz CT molecular complexity index is 1230. The number of nitrogens with one attached hydrogen (secondary N) is 2. The fraction of sp³-hybridized carbons (Fsp3) is 0.481. The van der Waals surface area contributed by atoms with Gasteiger partial charge in [0.2, 0.25) is 5.75 Å². The number of aromatic nitrogens is 3. The molecule has 2 aromatic heterocycles. The van der Waals surface area contributed by atoms with Crippen LogP contribution >= 0.6 is 0 Å². The third-order valence-electron chi connectivity index (χ3n) is 6.15. The molecule has 2 heterocycles. The number of pyridine rings is 1. The number of benzene rings is 1. The highest BCUT2D eigenvalue weighted by Gasteiger charge is 2.18. The Morgan fingerprint density at radius 3 is 2.31 bits per heavy atom. The van der Waals surface area contributed by atoms with Crippen LogP contribution < -0.4 is 24.8 Å². The lowest BCUT2D eigenvalue weighted by atomic mass is 10.1. The molecule has 3 rings (SSSR count). The van der Waals surface area contributed by atoms with Crippen LogP contribution in [0.4, 0.5) is 16.3 Å². The molecule has 0 aliphatic heterocycles. The summed E-state index contributed by atoms with van der Waals surface area (Å²) in [6.45, 7) is 8.96. The van der Waals surface area contributed by atoms with E-state index in [1.54, 1.807) is 31.3 Å². The van der Waals surface area contributed by atoms with Crippen LogP contribution in [-0.4, -0.2) is 84.9 Å². The smallest absolute Gasteiger partial charge is 0.412 e. The van der Waals surface area contributed by atoms with Gasteiger partial charge >= 0.3 is 6.09 Å². The number of carbonyl (C=O) groups is 1. The summed E-state index contributed by atoms with van der Waals surface area (Å²) in [6, 6.07) is 5.12. The van der Waals surface area contributed by atoms with E-state index in [0.717, 1.165) is 26.1 Å². The molecule has 0 aliphatic rings. The maximum Gasteiger partial charge on any atom is 0.412 e. The first kappa shape index (κ1) is 29.7. The lowest BCUT2D eigenvalue weighted by Crippen LogP contribution is -2.26. The minimum absolute atomic E-state index is 0.204. The number of carbonyl (C=O) groups excluding carboxylic acids is 1. The predicted octanol–water partition coefficient (Wildman–Crippen LogP) is 4.14. The number of hydrogen-bond acceptors (Lipinski definition) is 11. The van der Waals surface area contributed by atoms with Crippen LogP contribution in [0, 0.1) is 0 Å². The summed E-state index contributed by atoms with van der Waals surface area (Å²) >= 11 is 0. The van der Waals surface area contributed by atoms with E-state index in [1.807, 2.05) is 0 Å². The van der Waals surface area contributed by atoms with Crippen LogP contribution in [0.25, 0.3) is 22.4 Å². The first-order valence-electron chi connectivity index (χ1n) is 13.0. The largest absolute Gasteiger partial charge is 0.493 e. The van der Waals surface area contributed by atoms with Gasteiger partial charge in [-0.15, -0.1) is 0 Å². The number of ether oxygens (including phenoxy) is 4. The molecule has 3 N–H and O–H groups in total. The average molecular weight is 543 g/mol. The zero-order valence-electron chi connectivity index (χ0n) is 23.4. The Hall–Kier alpha value is -3.90. The summed E-state index contributed by atoms with van der Waals surface area (Å²) in [5, 5.41) is 16.4. The quantitative estimate of drug-likeness (QED) is 0.253. The molecule has 39 heavy (non-hydrogen) atoms. The molecule has 0 saturated carbocycles. The standard InChI is InChI=1S/C27H38N6O6/c1-7-33(8-2)12-10-11-23(34)29-18-15-22(32-27(35)39-9-3)31-26-24(18)28-16-19(30-26)17-13-20(36-4)25(38-6)21(14-17)37-5/h13-16,23,34H,7-12H2,1-6H3,(H2,29,30,31,32,35). The van der Waals surface area contributed by atoms with Gasteiger partial charge in [0.15, 0.2) is 17.1 Å². The van der Waals surface area contributed by atoms with E-state index in [0.29, 0.717) is 46.1 Å². The van der Waals surface area contributed by atoms with Gasteiger partial charge in [-0.05, 0) is 51.5 Å². The monoisotopic (exact) mass is 542 g/mol. The first-order chi connectivity index (χ1) is 18.9. The van der Waals surface area contributed by atoms with Crippen molar-refractivity contribution in [3.05, 3.63) is 24.4 Å². The van der Waals surface area contributed by atoms with Crippen molar-refractivity contribution in [2.24, 2.45) is 0 Å². The molecule has 0 radical (unpaired) electrons. The Morgan fingerprint density at radius 2 is 1.72 bits per heavy atom. The van der Waals surface area contributed by atoms with E-state index in [9.17, 15) is 9.90 Å². The topological polar surface area (TPSA) is 140 Å². The van der Waals surface area contributed by atoms with Crippen molar-refractivity contribution in [2.45, 2.75) is 39.8 Å². The van der Waals surface area contributed by atoms with E-state index in [1.165, 1.54) is 21.3 Å². The fourth-order valence-electron chi connectivity index (χ4n) is 4.11. The lowest BCUT2D eigenvalue weighted by Gasteiger charge is -2.20. The van der Waals surface area contributed by atoms with Crippen molar-refractivity contribution in [3.8, 4) is 28.5 Å². The summed E-state index contributed by atoms with van der Waals surface area (Å²) < 4.78 is 21.3. The van der Waals surface area contributed by atoms with Gasteiger partial charge in [-0.3, -0.25) is 5.32 Å². The molecule has 0 bridgehead atoms. The van der Waals surface area contributed by atoms with Gasteiger partial charge in [-0.25, -0.2) is 19.7 Å². The van der Waals surface area contributed by atoms with Gasteiger partial charge in [-0.1, -0.05) is 13.8 Å². The van der Waals surface area contributed by atoms with Gasteiger partial charge in [0.05, 0.1) is 45.5 Å². The molecule has 12 heteroatoms. The van der Waals surface area contributed by atoms with Crippen LogP contribution in [-0.2, 0) is 4.74 Å². The molecule has 12 nitrogen and oxygen atoms in total. The van der Waals surface area contributed by atoms with E-state index >= 15 is 0 Å². The molecule has 212 valence electrons. The highest BCUT2D eigenvalue weighted by atomic mass is 16.5. The van der Waals surface area contributed by atoms with Crippen LogP contribution in [0.5, 0.6) is 17.2 Å². The number of anilines is 2. The van der Waals surface area contributed by atoms with Crippen molar-refractivity contribution >= 4 is 28.8 Å². The van der Waals surface area contributed by atoms with E-state index < -0.39 is 12.3 Å². The maximum atomic E-state index is 12.1. The second kappa shape index (κ2) is 14.3. The molecular formula is C27H38N6O6. The highest BCUT2D eigenvalue weighted by Crippen LogP contribution is 2.41. The normalized spacial score (nSPS) is 11.8. The van der Waals surface area contributed by atoms with Crippen molar-refractivity contribution in [1.29, 1.82) is 0 Å². The molecule has 0 saturated heterocycles. The van der Waals surface area contributed by atoms with Gasteiger partial charge in [0, 0.05) is 11.6 Å². The molecule has 0 fully saturated rings. The number of fused-ring (bicyclic) bond motifs is 1. The van der Waals surface area contributed by atoms with Gasteiger partial charge in [-0.2, -0.15) is 0 Å². The molecule has 3 aromatic rings. The van der Waals surface area contributed by atoms with Crippen LogP contribution in [0.2, 0.25) is 0 Å². The van der Waals surface area contributed by atoms with E-state index in [4.69, 9.17) is 23.9 Å². The molecule has 0 spiro atoms. The van der Waals surface area contributed by atoms with Gasteiger partial charge in [0.25, 0.3) is 0 Å². The molecule has 1 amide bonds. The van der Waals surface area contributed by atoms with E-state index in [-0.39, 0.29) is 18.1 Å². The van der Waals surface area contributed by atoms with Crippen molar-refractivity contribution in [1.82, 2.24) is 19.9 Å². The second-order valence-corrected chi connectivity index (χ2v) is 8.57. The zero-order valence-corrected chi connectivity index (χ0v) is 23.4. The Labute approximate surface area is 228 Å². The van der Waals surface area contributed by atoms with Crippen molar-refractivity contribution in [2.75, 3.05) is 58.2 Å². The number of rotatable bonds is 14. The summed E-state index contributed by atoms with van der Waals surface area (Å²) in [6.07, 6.45) is 1.45. The molecular weight excluding hydrogens is 504 g/mol. The minimum atomic E-state index is -0.835. The number of aliphatic hydroxyl groups excluding tert-OH is 1. The number of aliphatic hydroxyl groups is 1. The van der Waals surface area contributed by atoms with Crippen LogP contribution in [0.1, 0.15) is 33.6 Å². The number of amides is 1. The predicted molar refractivity (Wildman–Crippen MR) is 150 cm³/mol. The average Bonchev–Trinajstić information content (AvgIpc) is 2.94. The number of nitrogens with zero attached hydrogens (tertiary/aromatic N) is 4. The van der Waals surface area contributed by atoms with E-state index in [2.05, 4.69) is 39.3 Å². The molecule has 1 aromatic carbocycles. The third kappa shape index (κ3) is 7.58. The Balaban J connectivity index is 1.98. The second-order valence-electron chi connectivity index (χ2n) is 8.57. The zero-order chi connectivity index (χ0) is 28.4. The molecule has 1 unspecified atom stereocenters. The maximum absolute atomic E-state index is 12.1.